The maximum atomic E-state index is 15.7. The van der Waals surface area contributed by atoms with Crippen LogP contribution in [0.15, 0.2) is 48.2 Å². The Balaban J connectivity index is 1.77. The van der Waals surface area contributed by atoms with Gasteiger partial charge in [-0.2, -0.15) is 21.4 Å². The lowest BCUT2D eigenvalue weighted by molar-refractivity contribution is -0.438. The molecular weight excluding hydrogens is 791 g/mol. The van der Waals surface area contributed by atoms with E-state index in [0.717, 1.165) is 6.07 Å². The quantitative estimate of drug-likeness (QED) is 0.0243. The first-order valence-electron chi connectivity index (χ1n) is 18.0. The van der Waals surface area contributed by atoms with Gasteiger partial charge in [0.1, 0.15) is 18.2 Å². The molecule has 18 heteroatoms. The van der Waals surface area contributed by atoms with Crippen molar-refractivity contribution in [3.63, 3.8) is 0 Å². The van der Waals surface area contributed by atoms with Crippen molar-refractivity contribution in [2.45, 2.75) is 89.4 Å². The molecule has 2 aliphatic rings. The summed E-state index contributed by atoms with van der Waals surface area (Å²) in [4.78, 5) is 12.1. The van der Waals surface area contributed by atoms with E-state index in [1.54, 1.807) is 30.6 Å². The molecule has 0 saturated carbocycles. The number of carboxylic acids is 1. The molecule has 56 heavy (non-hydrogen) atoms. The SMILES string of the molecule is CC1(C)C(/C=C/C=C/C=C2/N(CCCCS(=O)(=O)O)c3c(F)c(F)c(F)c(F)c3C2(C)CCCCS(=O)(=O)O)=[N+](CCCCCC(=O)O)c2cc(F)cc(F)c21. The van der Waals surface area contributed by atoms with E-state index in [9.17, 15) is 43.9 Å². The molecule has 1 unspecified atom stereocenters. The van der Waals surface area contributed by atoms with E-state index >= 15 is 13.2 Å². The predicted octanol–water partition coefficient (Wildman–Crippen LogP) is 8.04. The fourth-order valence-electron chi connectivity index (χ4n) is 7.61. The number of unbranched alkanes of at least 4 members (excludes halogenated alkanes) is 4. The van der Waals surface area contributed by atoms with Crippen molar-refractivity contribution in [2.75, 3.05) is 29.5 Å². The van der Waals surface area contributed by atoms with Crippen LogP contribution in [0.2, 0.25) is 0 Å². The zero-order valence-corrected chi connectivity index (χ0v) is 32.7. The van der Waals surface area contributed by atoms with Gasteiger partial charge in [-0.3, -0.25) is 13.9 Å². The third kappa shape index (κ3) is 10.1. The van der Waals surface area contributed by atoms with Gasteiger partial charge in [0.2, 0.25) is 5.69 Å². The Morgan fingerprint density at radius 1 is 0.768 bits per heavy atom. The summed E-state index contributed by atoms with van der Waals surface area (Å²) in [5, 5.41) is 8.98. The van der Waals surface area contributed by atoms with Gasteiger partial charge in [0.25, 0.3) is 20.2 Å². The highest BCUT2D eigenvalue weighted by Gasteiger charge is 2.49. The van der Waals surface area contributed by atoms with Crippen LogP contribution < -0.4 is 4.90 Å². The molecule has 1 atom stereocenters. The van der Waals surface area contributed by atoms with Gasteiger partial charge < -0.3 is 10.0 Å². The molecule has 0 aromatic heterocycles. The molecule has 2 aromatic carbocycles. The number of benzene rings is 2. The highest BCUT2D eigenvalue weighted by atomic mass is 32.2. The molecule has 2 aromatic rings. The van der Waals surface area contributed by atoms with Crippen LogP contribution in [0.25, 0.3) is 0 Å². The molecule has 0 fully saturated rings. The summed E-state index contributed by atoms with van der Waals surface area (Å²) in [6.45, 7) is 5.04. The van der Waals surface area contributed by atoms with Crippen LogP contribution in [-0.2, 0) is 35.9 Å². The average molecular weight is 836 g/mol. The topological polar surface area (TPSA) is 152 Å². The third-order valence-electron chi connectivity index (χ3n) is 10.2. The summed E-state index contributed by atoms with van der Waals surface area (Å²) in [5.74, 6) is -11.3. The largest absolute Gasteiger partial charge is 0.481 e. The molecule has 4 rings (SSSR count). The molecule has 0 aliphatic carbocycles. The second-order valence-electron chi connectivity index (χ2n) is 14.6. The normalized spacial score (nSPS) is 18.9. The summed E-state index contributed by atoms with van der Waals surface area (Å²) in [6, 6.07) is 2.02. The number of allylic oxidation sites excluding steroid dienone is 6. The number of nitrogens with zero attached hydrogens (tertiary/aromatic N) is 2. The van der Waals surface area contributed by atoms with Crippen LogP contribution >= 0.6 is 0 Å². The number of halogens is 6. The summed E-state index contributed by atoms with van der Waals surface area (Å²) >= 11 is 0. The molecule has 308 valence electrons. The van der Waals surface area contributed by atoms with Crippen molar-refractivity contribution in [1.29, 1.82) is 0 Å². The molecule has 0 spiro atoms. The molecule has 2 aliphatic heterocycles. The average Bonchev–Trinajstić information content (AvgIpc) is 3.44. The molecular formula is C38H45F6N2O8S2+. The maximum Gasteiger partial charge on any atom is 0.303 e. The molecule has 0 bridgehead atoms. The fourth-order valence-corrected chi connectivity index (χ4v) is 8.74. The van der Waals surface area contributed by atoms with Gasteiger partial charge in [0, 0.05) is 54.3 Å². The van der Waals surface area contributed by atoms with Crippen molar-refractivity contribution >= 4 is 43.3 Å². The maximum absolute atomic E-state index is 15.7. The monoisotopic (exact) mass is 835 g/mol. The van der Waals surface area contributed by atoms with Crippen molar-refractivity contribution in [3.8, 4) is 0 Å². The summed E-state index contributed by atoms with van der Waals surface area (Å²) in [5.41, 5.74) is -2.44. The number of hydrogen-bond donors (Lipinski definition) is 3. The minimum absolute atomic E-state index is 0.00456. The summed E-state index contributed by atoms with van der Waals surface area (Å²) in [6.07, 6.45) is 8.70. The standard InChI is InChI=1S/C38H44F6N2O8S2/c1-37(2)27(45(18-10-5-8-16-29(47)48)26-23-24(39)22-25(40)30(26)37)14-6-4-7-15-28-38(3,17-9-12-20-55(49,50)51)31-32(41)33(42)34(43)35(44)36(31)46(28)19-11-13-21-56(52,53)54/h4,6-7,14-15,22-23H,5,8-13,16-21H2,1-3H3,(H2-,47,48,49,50,51,52,53,54)/p+1. The van der Waals surface area contributed by atoms with Gasteiger partial charge in [0.05, 0.1) is 28.2 Å². The van der Waals surface area contributed by atoms with Gasteiger partial charge in [-0.05, 0) is 65.4 Å². The van der Waals surface area contributed by atoms with Gasteiger partial charge in [-0.1, -0.05) is 24.6 Å². The first-order chi connectivity index (χ1) is 26.0. The number of aliphatic carboxylic acids is 1. The van der Waals surface area contributed by atoms with Crippen LogP contribution in [-0.4, -0.2) is 71.9 Å². The lowest BCUT2D eigenvalue weighted by Crippen LogP contribution is -2.30. The second-order valence-corrected chi connectivity index (χ2v) is 17.8. The Morgan fingerprint density at radius 3 is 2.02 bits per heavy atom. The van der Waals surface area contributed by atoms with E-state index in [2.05, 4.69) is 0 Å². The minimum atomic E-state index is -4.38. The van der Waals surface area contributed by atoms with Crippen molar-refractivity contribution in [1.82, 2.24) is 0 Å². The van der Waals surface area contributed by atoms with Crippen molar-refractivity contribution in [2.24, 2.45) is 0 Å². The summed E-state index contributed by atoms with van der Waals surface area (Å²) < 4.78 is 156. The Hall–Kier alpha value is -4.00. The van der Waals surface area contributed by atoms with Crippen LogP contribution in [0.1, 0.15) is 89.7 Å². The van der Waals surface area contributed by atoms with Crippen molar-refractivity contribution < 1.29 is 66.8 Å². The zero-order valence-electron chi connectivity index (χ0n) is 31.1. The Bertz CT molecular complexity index is 2200. The molecule has 0 saturated heterocycles. The van der Waals surface area contributed by atoms with E-state index in [1.807, 2.05) is 0 Å². The van der Waals surface area contributed by atoms with Crippen LogP contribution in [0.4, 0.5) is 37.7 Å². The van der Waals surface area contributed by atoms with Crippen LogP contribution in [0.3, 0.4) is 0 Å². The Morgan fingerprint density at radius 2 is 1.39 bits per heavy atom. The number of hydrogen-bond acceptors (Lipinski definition) is 6. The Labute approximate surface area is 322 Å². The number of carboxylic acid groups (broad SMARTS) is 1. The number of anilines is 1. The summed E-state index contributed by atoms with van der Waals surface area (Å²) in [7, 11) is -8.75. The van der Waals surface area contributed by atoms with E-state index in [1.165, 1.54) is 36.1 Å². The smallest absolute Gasteiger partial charge is 0.303 e. The molecule has 3 N–H and O–H groups in total. The van der Waals surface area contributed by atoms with Crippen LogP contribution in [0.5, 0.6) is 0 Å². The van der Waals surface area contributed by atoms with E-state index in [0.29, 0.717) is 37.2 Å². The highest BCUT2D eigenvalue weighted by molar-refractivity contribution is 7.86. The molecule has 0 radical (unpaired) electrons. The van der Waals surface area contributed by atoms with Gasteiger partial charge >= 0.3 is 5.97 Å². The van der Waals surface area contributed by atoms with Crippen LogP contribution in [0, 0.1) is 34.9 Å². The van der Waals surface area contributed by atoms with Gasteiger partial charge in [-0.15, -0.1) is 0 Å². The molecule has 0 amide bonds. The lowest BCUT2D eigenvalue weighted by atomic mass is 9.76. The molecule has 10 nitrogen and oxygen atoms in total. The van der Waals surface area contributed by atoms with E-state index < -0.39 is 94.7 Å². The zero-order chi connectivity index (χ0) is 41.8. The van der Waals surface area contributed by atoms with Gasteiger partial charge in [0.15, 0.2) is 29.0 Å². The Kier molecular flexibility index (Phi) is 14.1. The van der Waals surface area contributed by atoms with Crippen molar-refractivity contribution in [3.05, 3.63) is 94.2 Å². The first kappa shape index (κ1) is 44.7. The predicted molar refractivity (Wildman–Crippen MR) is 199 cm³/mol. The van der Waals surface area contributed by atoms with Gasteiger partial charge in [-0.25, -0.2) is 26.3 Å². The number of fused-ring (bicyclic) bond motifs is 2. The first-order valence-corrected chi connectivity index (χ1v) is 21.2. The second kappa shape index (κ2) is 17.6. The third-order valence-corrected chi connectivity index (χ3v) is 11.8. The molecule has 2 heterocycles. The van der Waals surface area contributed by atoms with E-state index in [-0.39, 0.29) is 56.3 Å². The number of rotatable bonds is 19. The van der Waals surface area contributed by atoms with E-state index in [4.69, 9.17) is 5.11 Å². The fraction of sp³-hybridized carbons (Fsp3) is 0.474. The number of carbonyl (C=O) groups is 1. The highest BCUT2D eigenvalue weighted by Crippen LogP contribution is 2.54. The lowest BCUT2D eigenvalue weighted by Gasteiger charge is -2.30. The minimum Gasteiger partial charge on any atom is -0.481 e.